The molecule has 0 saturated carbocycles. The number of nitrogen functional groups attached to an aromatic ring is 1. The third-order valence-electron chi connectivity index (χ3n) is 2.57. The van der Waals surface area contributed by atoms with Gasteiger partial charge in [0, 0.05) is 5.69 Å². The molecule has 0 atom stereocenters. The molecule has 6 heteroatoms. The van der Waals surface area contributed by atoms with Crippen LogP contribution in [-0.2, 0) is 10.1 Å². The van der Waals surface area contributed by atoms with Crippen LogP contribution >= 0.6 is 0 Å². The van der Waals surface area contributed by atoms with Gasteiger partial charge in [0.05, 0.1) is 0 Å². The summed E-state index contributed by atoms with van der Waals surface area (Å²) in [6.07, 6.45) is 3.39. The van der Waals surface area contributed by atoms with E-state index >= 15 is 0 Å². The molecule has 2 rings (SSSR count). The van der Waals surface area contributed by atoms with E-state index < -0.39 is 10.1 Å². The molecule has 0 heterocycles. The van der Waals surface area contributed by atoms with Crippen LogP contribution in [0.5, 0.6) is 0 Å². The number of anilines is 1. The summed E-state index contributed by atoms with van der Waals surface area (Å²) in [7, 11) is -4.29. The molecule has 0 bridgehead atoms. The smallest absolute Gasteiger partial charge is 1.00 e. The van der Waals surface area contributed by atoms with Crippen molar-refractivity contribution < 1.29 is 44.0 Å². The average Bonchev–Trinajstić information content (AvgIpc) is 2.37. The van der Waals surface area contributed by atoms with Crippen molar-refractivity contribution >= 4 is 28.0 Å². The first-order chi connectivity index (χ1) is 8.97. The summed E-state index contributed by atoms with van der Waals surface area (Å²) >= 11 is 0. The fraction of sp³-hybridized carbons (Fsp3) is 0. The monoisotopic (exact) mass is 299 g/mol. The van der Waals surface area contributed by atoms with Gasteiger partial charge in [0.2, 0.25) is 0 Å². The molecule has 0 aliphatic carbocycles. The van der Waals surface area contributed by atoms with Gasteiger partial charge in [0.1, 0.15) is 4.90 Å². The molecular weight excluding hydrogens is 285 g/mol. The second kappa shape index (κ2) is 7.06. The fourth-order valence-corrected chi connectivity index (χ4v) is 2.38. The van der Waals surface area contributed by atoms with Gasteiger partial charge in [-0.3, -0.25) is 4.55 Å². The maximum absolute atomic E-state index is 11.3. The van der Waals surface area contributed by atoms with Crippen molar-refractivity contribution in [2.75, 3.05) is 5.73 Å². The van der Waals surface area contributed by atoms with Crippen molar-refractivity contribution in [2.24, 2.45) is 0 Å². The summed E-state index contributed by atoms with van der Waals surface area (Å²) in [5.74, 6) is 0. The maximum atomic E-state index is 11.3. The standard InChI is InChI=1S/C14H13NO3S.Na.H/c15-13-9-8-12(14(10-13)19(16,17)18)7-6-11-4-2-1-3-5-11;;/h1-10H,15H2,(H,16,17,18);;/q;+1;-1. The van der Waals surface area contributed by atoms with E-state index in [1.165, 1.54) is 6.07 Å². The zero-order valence-electron chi connectivity index (χ0n) is 12.0. The molecule has 0 saturated heterocycles. The van der Waals surface area contributed by atoms with Gasteiger partial charge < -0.3 is 7.16 Å². The summed E-state index contributed by atoms with van der Waals surface area (Å²) in [5, 5.41) is 0. The van der Waals surface area contributed by atoms with Crippen molar-refractivity contribution in [1.29, 1.82) is 0 Å². The minimum absolute atomic E-state index is 0. The molecule has 0 aromatic heterocycles. The SMILES string of the molecule is Nc1ccc(C=Cc2ccccc2)c(S(=O)(=O)O)c1.[H-].[Na+]. The van der Waals surface area contributed by atoms with Gasteiger partial charge in [-0.1, -0.05) is 48.6 Å². The second-order valence-electron chi connectivity index (χ2n) is 4.02. The summed E-state index contributed by atoms with van der Waals surface area (Å²) in [6, 6.07) is 13.8. The van der Waals surface area contributed by atoms with Crippen LogP contribution in [-0.4, -0.2) is 13.0 Å². The first-order valence-corrected chi connectivity index (χ1v) is 7.01. The van der Waals surface area contributed by atoms with Crippen molar-refractivity contribution in [2.45, 2.75) is 4.90 Å². The quantitative estimate of drug-likeness (QED) is 0.356. The van der Waals surface area contributed by atoms with E-state index in [4.69, 9.17) is 5.73 Å². The predicted molar refractivity (Wildman–Crippen MR) is 77.2 cm³/mol. The van der Waals surface area contributed by atoms with Crippen molar-refractivity contribution in [3.05, 3.63) is 59.7 Å². The van der Waals surface area contributed by atoms with E-state index in [9.17, 15) is 13.0 Å². The molecule has 0 aliphatic rings. The zero-order chi connectivity index (χ0) is 13.9. The van der Waals surface area contributed by atoms with Crippen molar-refractivity contribution in [3.63, 3.8) is 0 Å². The van der Waals surface area contributed by atoms with Gasteiger partial charge in [-0.2, -0.15) is 8.42 Å². The van der Waals surface area contributed by atoms with E-state index in [2.05, 4.69) is 0 Å². The predicted octanol–water partition coefficient (Wildman–Crippen LogP) is -0.198. The Balaban J connectivity index is 0.00000200. The van der Waals surface area contributed by atoms with E-state index in [1.807, 2.05) is 30.3 Å². The molecule has 100 valence electrons. The largest absolute Gasteiger partial charge is 1.00 e. The van der Waals surface area contributed by atoms with Crippen LogP contribution in [0.25, 0.3) is 12.2 Å². The fourth-order valence-electron chi connectivity index (χ4n) is 1.66. The Hall–Kier alpha value is -1.11. The number of hydrogen-bond donors (Lipinski definition) is 2. The second-order valence-corrected chi connectivity index (χ2v) is 5.41. The van der Waals surface area contributed by atoms with E-state index in [0.29, 0.717) is 5.56 Å². The molecular formula is C14H14NNaO3S. The summed E-state index contributed by atoms with van der Waals surface area (Å²) < 4.78 is 31.7. The Bertz CT molecular complexity index is 718. The van der Waals surface area contributed by atoms with Gasteiger partial charge >= 0.3 is 29.6 Å². The first kappa shape index (κ1) is 16.9. The Morgan fingerprint density at radius 3 is 2.30 bits per heavy atom. The third kappa shape index (κ3) is 4.47. The molecule has 0 amide bonds. The summed E-state index contributed by atoms with van der Waals surface area (Å²) in [5.41, 5.74) is 7.13. The topological polar surface area (TPSA) is 80.4 Å². The third-order valence-corrected chi connectivity index (χ3v) is 3.48. The van der Waals surface area contributed by atoms with Gasteiger partial charge in [-0.15, -0.1) is 0 Å². The normalized spacial score (nSPS) is 11.2. The van der Waals surface area contributed by atoms with E-state index in [-0.39, 0.29) is 41.6 Å². The molecule has 0 aliphatic heterocycles. The van der Waals surface area contributed by atoms with Gasteiger partial charge in [0.15, 0.2) is 0 Å². The molecule has 0 fully saturated rings. The summed E-state index contributed by atoms with van der Waals surface area (Å²) in [6.45, 7) is 0. The molecule has 2 aromatic carbocycles. The molecule has 3 N–H and O–H groups in total. The van der Waals surface area contributed by atoms with Crippen molar-refractivity contribution in [1.82, 2.24) is 0 Å². The van der Waals surface area contributed by atoms with Crippen LogP contribution in [0.2, 0.25) is 0 Å². The van der Waals surface area contributed by atoms with Crippen molar-refractivity contribution in [3.8, 4) is 0 Å². The number of hydrogen-bond acceptors (Lipinski definition) is 3. The Morgan fingerprint density at radius 1 is 1.05 bits per heavy atom. The first-order valence-electron chi connectivity index (χ1n) is 5.57. The average molecular weight is 299 g/mol. The van der Waals surface area contributed by atoms with Gasteiger partial charge in [-0.25, -0.2) is 0 Å². The minimum Gasteiger partial charge on any atom is -1.00 e. The van der Waals surface area contributed by atoms with E-state index in [1.54, 1.807) is 24.3 Å². The Kier molecular flexibility index (Phi) is 5.98. The molecule has 0 unspecified atom stereocenters. The van der Waals surface area contributed by atoms with Crippen LogP contribution in [0, 0.1) is 0 Å². The minimum atomic E-state index is -4.29. The maximum Gasteiger partial charge on any atom is 1.00 e. The Morgan fingerprint density at radius 2 is 1.70 bits per heavy atom. The molecule has 2 aromatic rings. The number of nitrogens with two attached hydrogens (primary N) is 1. The summed E-state index contributed by atoms with van der Waals surface area (Å²) in [4.78, 5) is -0.195. The van der Waals surface area contributed by atoms with Crippen LogP contribution in [0.3, 0.4) is 0 Å². The van der Waals surface area contributed by atoms with Crippen LogP contribution in [0.1, 0.15) is 12.6 Å². The van der Waals surface area contributed by atoms with Crippen LogP contribution < -0.4 is 35.3 Å². The number of rotatable bonds is 3. The van der Waals surface area contributed by atoms with Crippen LogP contribution in [0.4, 0.5) is 5.69 Å². The van der Waals surface area contributed by atoms with E-state index in [0.717, 1.165) is 5.56 Å². The molecule has 0 radical (unpaired) electrons. The van der Waals surface area contributed by atoms with Gasteiger partial charge in [0.25, 0.3) is 10.1 Å². The Labute approximate surface area is 141 Å². The molecule has 0 spiro atoms. The van der Waals surface area contributed by atoms with Gasteiger partial charge in [-0.05, 0) is 23.3 Å². The van der Waals surface area contributed by atoms with Crippen LogP contribution in [0.15, 0.2) is 53.4 Å². The molecule has 4 nitrogen and oxygen atoms in total. The number of benzene rings is 2. The zero-order valence-corrected chi connectivity index (χ0v) is 13.8. The molecule has 20 heavy (non-hydrogen) atoms.